The van der Waals surface area contributed by atoms with Crippen LogP contribution in [0, 0.1) is 0 Å². The summed E-state index contributed by atoms with van der Waals surface area (Å²) in [4.78, 5) is 0. The van der Waals surface area contributed by atoms with Crippen molar-refractivity contribution in [1.29, 1.82) is 0 Å². The van der Waals surface area contributed by atoms with Crippen LogP contribution in [0.1, 0.15) is 37.3 Å². The zero-order valence-corrected chi connectivity index (χ0v) is 7.70. The number of nitrogens with two attached hydrogens (primary N) is 1. The van der Waals surface area contributed by atoms with Crippen LogP contribution in [0.15, 0.2) is 34.7 Å². The van der Waals surface area contributed by atoms with E-state index in [9.17, 15) is 0 Å². The topological polar surface area (TPSA) is 39.2 Å². The van der Waals surface area contributed by atoms with Crippen molar-refractivity contribution in [3.05, 3.63) is 35.8 Å². The highest BCUT2D eigenvalue weighted by Gasteiger charge is 2.12. The largest absolute Gasteiger partial charge is 0.472 e. The molecule has 2 N–H and O–H groups in total. The van der Waals surface area contributed by atoms with Crippen molar-refractivity contribution in [1.82, 2.24) is 0 Å². The molecule has 0 spiro atoms. The van der Waals surface area contributed by atoms with Gasteiger partial charge in [-0.1, -0.05) is 11.6 Å². The number of rotatable bonds is 3. The second kappa shape index (κ2) is 3.79. The molecule has 0 aliphatic heterocycles. The molecule has 13 heavy (non-hydrogen) atoms. The van der Waals surface area contributed by atoms with E-state index in [0.717, 1.165) is 12.0 Å². The third-order valence-corrected chi connectivity index (χ3v) is 2.59. The summed E-state index contributed by atoms with van der Waals surface area (Å²) >= 11 is 0. The third kappa shape index (κ3) is 2.01. The summed E-state index contributed by atoms with van der Waals surface area (Å²) in [6.07, 6.45) is 10.5. The molecule has 0 saturated carbocycles. The van der Waals surface area contributed by atoms with Gasteiger partial charge in [0.2, 0.25) is 0 Å². The highest BCUT2D eigenvalue weighted by molar-refractivity contribution is 5.17. The zero-order valence-electron chi connectivity index (χ0n) is 7.70. The van der Waals surface area contributed by atoms with Gasteiger partial charge in [-0.15, -0.1) is 0 Å². The van der Waals surface area contributed by atoms with Crippen LogP contribution in [-0.4, -0.2) is 0 Å². The minimum absolute atomic E-state index is 0.114. The number of hydrogen-bond donors (Lipinski definition) is 1. The van der Waals surface area contributed by atoms with Crippen LogP contribution in [0.25, 0.3) is 0 Å². The van der Waals surface area contributed by atoms with Crippen LogP contribution in [0.3, 0.4) is 0 Å². The van der Waals surface area contributed by atoms with E-state index in [4.69, 9.17) is 10.2 Å². The molecule has 0 amide bonds. The summed E-state index contributed by atoms with van der Waals surface area (Å²) in [5.41, 5.74) is 8.63. The lowest BCUT2D eigenvalue weighted by atomic mass is 10.0. The minimum Gasteiger partial charge on any atom is -0.472 e. The van der Waals surface area contributed by atoms with Gasteiger partial charge in [-0.3, -0.25) is 0 Å². The van der Waals surface area contributed by atoms with Gasteiger partial charge in [-0.2, -0.15) is 0 Å². The van der Waals surface area contributed by atoms with Crippen LogP contribution in [-0.2, 0) is 0 Å². The van der Waals surface area contributed by atoms with Crippen LogP contribution in [0.2, 0.25) is 0 Å². The first-order chi connectivity index (χ1) is 6.36. The van der Waals surface area contributed by atoms with Gasteiger partial charge in [0.25, 0.3) is 0 Å². The molecule has 1 unspecified atom stereocenters. The van der Waals surface area contributed by atoms with E-state index in [1.54, 1.807) is 12.5 Å². The predicted octanol–water partition coefficient (Wildman–Crippen LogP) is 2.78. The molecule has 2 nitrogen and oxygen atoms in total. The summed E-state index contributed by atoms with van der Waals surface area (Å²) < 4.78 is 5.00. The Morgan fingerprint density at radius 1 is 1.54 bits per heavy atom. The van der Waals surface area contributed by atoms with Gasteiger partial charge in [-0.05, 0) is 31.7 Å². The average Bonchev–Trinajstić information content (AvgIpc) is 2.74. The minimum atomic E-state index is 0.114. The summed E-state index contributed by atoms with van der Waals surface area (Å²) in [5.74, 6) is 0. The fourth-order valence-electron chi connectivity index (χ4n) is 1.81. The quantitative estimate of drug-likeness (QED) is 0.721. The van der Waals surface area contributed by atoms with Crippen LogP contribution < -0.4 is 5.73 Å². The van der Waals surface area contributed by atoms with Crippen LogP contribution >= 0.6 is 0 Å². The molecule has 1 atom stereocenters. The Labute approximate surface area is 78.4 Å². The van der Waals surface area contributed by atoms with E-state index in [-0.39, 0.29) is 6.04 Å². The van der Waals surface area contributed by atoms with Crippen molar-refractivity contribution >= 4 is 0 Å². The van der Waals surface area contributed by atoms with Gasteiger partial charge in [0.15, 0.2) is 0 Å². The molecule has 0 aromatic carbocycles. The number of furan rings is 1. The van der Waals surface area contributed by atoms with Gasteiger partial charge in [-0.25, -0.2) is 0 Å². The molecule has 1 heterocycles. The SMILES string of the molecule is NC(CC1=CCCC1)c1ccoc1. The number of hydrogen-bond acceptors (Lipinski definition) is 2. The van der Waals surface area contributed by atoms with E-state index in [2.05, 4.69) is 6.08 Å². The van der Waals surface area contributed by atoms with Gasteiger partial charge in [0, 0.05) is 11.6 Å². The van der Waals surface area contributed by atoms with E-state index in [0.29, 0.717) is 0 Å². The second-order valence-corrected chi connectivity index (χ2v) is 3.62. The van der Waals surface area contributed by atoms with Crippen molar-refractivity contribution in [3.63, 3.8) is 0 Å². The average molecular weight is 177 g/mol. The maximum atomic E-state index is 6.02. The Hall–Kier alpha value is -1.02. The molecular weight excluding hydrogens is 162 g/mol. The molecule has 1 aliphatic rings. The number of allylic oxidation sites excluding steroid dienone is 1. The Morgan fingerprint density at radius 3 is 3.08 bits per heavy atom. The summed E-state index contributed by atoms with van der Waals surface area (Å²) in [5, 5.41) is 0. The molecular formula is C11H15NO. The van der Waals surface area contributed by atoms with E-state index in [1.807, 2.05) is 6.07 Å². The summed E-state index contributed by atoms with van der Waals surface area (Å²) in [7, 11) is 0. The highest BCUT2D eigenvalue weighted by Crippen LogP contribution is 2.26. The molecule has 1 aromatic heterocycles. The first kappa shape index (κ1) is 8.57. The Bertz CT molecular complexity index is 287. The lowest BCUT2D eigenvalue weighted by molar-refractivity contribution is 0.557. The van der Waals surface area contributed by atoms with E-state index < -0.39 is 0 Å². The van der Waals surface area contributed by atoms with E-state index in [1.165, 1.54) is 24.8 Å². The monoisotopic (exact) mass is 177 g/mol. The molecule has 2 rings (SSSR count). The first-order valence-electron chi connectivity index (χ1n) is 4.82. The second-order valence-electron chi connectivity index (χ2n) is 3.62. The third-order valence-electron chi connectivity index (χ3n) is 2.59. The molecule has 70 valence electrons. The summed E-state index contributed by atoms with van der Waals surface area (Å²) in [6, 6.07) is 2.06. The molecule has 0 radical (unpaired) electrons. The van der Waals surface area contributed by atoms with Crippen molar-refractivity contribution < 1.29 is 4.42 Å². The Balaban J connectivity index is 1.95. The van der Waals surface area contributed by atoms with Crippen molar-refractivity contribution in [3.8, 4) is 0 Å². The van der Waals surface area contributed by atoms with Crippen molar-refractivity contribution in [2.75, 3.05) is 0 Å². The fourth-order valence-corrected chi connectivity index (χ4v) is 1.81. The Morgan fingerprint density at radius 2 is 2.46 bits per heavy atom. The van der Waals surface area contributed by atoms with Gasteiger partial charge >= 0.3 is 0 Å². The van der Waals surface area contributed by atoms with Crippen LogP contribution in [0.5, 0.6) is 0 Å². The fraction of sp³-hybridized carbons (Fsp3) is 0.455. The van der Waals surface area contributed by atoms with Crippen molar-refractivity contribution in [2.45, 2.75) is 31.7 Å². The van der Waals surface area contributed by atoms with Crippen LogP contribution in [0.4, 0.5) is 0 Å². The lowest BCUT2D eigenvalue weighted by Crippen LogP contribution is -2.09. The van der Waals surface area contributed by atoms with Crippen molar-refractivity contribution in [2.24, 2.45) is 5.73 Å². The smallest absolute Gasteiger partial charge is 0.0950 e. The molecule has 0 bridgehead atoms. The summed E-state index contributed by atoms with van der Waals surface area (Å²) in [6.45, 7) is 0. The molecule has 1 aromatic rings. The van der Waals surface area contributed by atoms with Gasteiger partial charge < -0.3 is 10.2 Å². The first-order valence-corrected chi connectivity index (χ1v) is 4.82. The molecule has 2 heteroatoms. The molecule has 1 aliphatic carbocycles. The lowest BCUT2D eigenvalue weighted by Gasteiger charge is -2.09. The standard InChI is InChI=1S/C11H15NO/c12-11(10-5-6-13-8-10)7-9-3-1-2-4-9/h3,5-6,8,11H,1-2,4,7,12H2. The zero-order chi connectivity index (χ0) is 9.10. The van der Waals surface area contributed by atoms with Gasteiger partial charge in [0.1, 0.15) is 0 Å². The maximum Gasteiger partial charge on any atom is 0.0950 e. The normalized spacial score (nSPS) is 18.7. The molecule has 0 saturated heterocycles. The van der Waals surface area contributed by atoms with E-state index >= 15 is 0 Å². The predicted molar refractivity (Wildman–Crippen MR) is 52.2 cm³/mol. The van der Waals surface area contributed by atoms with Gasteiger partial charge in [0.05, 0.1) is 12.5 Å². The maximum absolute atomic E-state index is 6.02. The highest BCUT2D eigenvalue weighted by atomic mass is 16.3. The molecule has 0 fully saturated rings. The Kier molecular flexibility index (Phi) is 2.50.